The van der Waals surface area contributed by atoms with Gasteiger partial charge in [0.05, 0.1) is 25.6 Å². The van der Waals surface area contributed by atoms with E-state index in [0.29, 0.717) is 40.7 Å². The second-order valence-corrected chi connectivity index (χ2v) is 7.20. The Morgan fingerprint density at radius 3 is 2.21 bits per heavy atom. The van der Waals surface area contributed by atoms with Crippen molar-refractivity contribution < 1.29 is 23.9 Å². The summed E-state index contributed by atoms with van der Waals surface area (Å²) in [5.74, 6) is 0.747. The van der Waals surface area contributed by atoms with Gasteiger partial charge in [-0.1, -0.05) is 30.0 Å². The second-order valence-electron chi connectivity index (χ2n) is 6.16. The molecule has 1 saturated heterocycles. The van der Waals surface area contributed by atoms with E-state index in [0.717, 1.165) is 0 Å². The van der Waals surface area contributed by atoms with E-state index in [4.69, 9.17) is 9.47 Å². The minimum Gasteiger partial charge on any atom is -0.494 e. The number of hydrogen-bond donors (Lipinski definition) is 2. The van der Waals surface area contributed by atoms with Crippen molar-refractivity contribution in [3.05, 3.63) is 48.0 Å². The number of amides is 3. The highest BCUT2D eigenvalue weighted by molar-refractivity contribution is 8.13. The SMILES string of the molecule is COc1cc(NC(=O)c2ccccc2)c(OC)cc1NC(=O)CN1CCSC1=O. The van der Waals surface area contributed by atoms with Crippen LogP contribution >= 0.6 is 11.8 Å². The molecule has 1 aliphatic rings. The molecule has 0 aliphatic carbocycles. The molecule has 9 heteroatoms. The lowest BCUT2D eigenvalue weighted by molar-refractivity contribution is -0.116. The van der Waals surface area contributed by atoms with E-state index < -0.39 is 0 Å². The van der Waals surface area contributed by atoms with E-state index in [1.54, 1.807) is 36.4 Å². The molecule has 0 spiro atoms. The number of nitrogens with zero attached hydrogens (tertiary/aromatic N) is 1. The molecule has 2 N–H and O–H groups in total. The molecule has 0 aromatic heterocycles. The van der Waals surface area contributed by atoms with Gasteiger partial charge in [0.25, 0.3) is 11.1 Å². The van der Waals surface area contributed by atoms with Gasteiger partial charge in [-0.15, -0.1) is 0 Å². The lowest BCUT2D eigenvalue weighted by Crippen LogP contribution is -2.33. The predicted octanol–water partition coefficient (Wildman–Crippen LogP) is 3.06. The molecule has 3 rings (SSSR count). The molecule has 3 amide bonds. The van der Waals surface area contributed by atoms with Crippen LogP contribution in [0, 0.1) is 0 Å². The van der Waals surface area contributed by atoms with Gasteiger partial charge >= 0.3 is 0 Å². The molecule has 0 unspecified atom stereocenters. The number of methoxy groups -OCH3 is 2. The highest BCUT2D eigenvalue weighted by atomic mass is 32.2. The molecule has 0 atom stereocenters. The Labute approximate surface area is 172 Å². The number of ether oxygens (including phenoxy) is 2. The largest absolute Gasteiger partial charge is 0.494 e. The molecule has 0 saturated carbocycles. The first-order chi connectivity index (χ1) is 14.0. The first-order valence-corrected chi connectivity index (χ1v) is 9.84. The van der Waals surface area contributed by atoms with Gasteiger partial charge in [0, 0.05) is 30.0 Å². The third kappa shape index (κ3) is 5.00. The fourth-order valence-corrected chi connectivity index (χ4v) is 3.63. The molecule has 1 fully saturated rings. The number of benzene rings is 2. The summed E-state index contributed by atoms with van der Waals surface area (Å²) in [5.41, 5.74) is 1.28. The van der Waals surface area contributed by atoms with Crippen molar-refractivity contribution in [2.45, 2.75) is 0 Å². The quantitative estimate of drug-likeness (QED) is 0.721. The minimum absolute atomic E-state index is 0.0379. The standard InChI is InChI=1S/C20H21N3O5S/c1-27-16-11-15(22-19(25)13-6-4-3-5-7-13)17(28-2)10-14(16)21-18(24)12-23-8-9-29-20(23)26/h3-7,10-11H,8-9,12H2,1-2H3,(H,21,24)(H,22,25). The molecule has 0 radical (unpaired) electrons. The Bertz CT molecular complexity index is 920. The van der Waals surface area contributed by atoms with Crippen molar-refractivity contribution >= 4 is 40.2 Å². The van der Waals surface area contributed by atoms with Crippen LogP contribution < -0.4 is 20.1 Å². The van der Waals surface area contributed by atoms with Gasteiger partial charge in [0.1, 0.15) is 18.0 Å². The third-order valence-corrected chi connectivity index (χ3v) is 5.15. The summed E-state index contributed by atoms with van der Waals surface area (Å²) >= 11 is 1.20. The average Bonchev–Trinajstić information content (AvgIpc) is 3.13. The van der Waals surface area contributed by atoms with E-state index in [1.165, 1.54) is 30.9 Å². The fraction of sp³-hybridized carbons (Fsp3) is 0.250. The second kappa shape index (κ2) is 9.33. The normalized spacial score (nSPS) is 13.2. The topological polar surface area (TPSA) is 97.0 Å². The maximum absolute atomic E-state index is 12.5. The van der Waals surface area contributed by atoms with Gasteiger partial charge in [-0.2, -0.15) is 0 Å². The lowest BCUT2D eigenvalue weighted by atomic mass is 10.2. The Morgan fingerprint density at radius 1 is 1.03 bits per heavy atom. The van der Waals surface area contributed by atoms with Crippen molar-refractivity contribution in [2.75, 3.05) is 43.7 Å². The van der Waals surface area contributed by atoms with E-state index in [9.17, 15) is 14.4 Å². The van der Waals surface area contributed by atoms with Crippen LogP contribution in [0.2, 0.25) is 0 Å². The fourth-order valence-electron chi connectivity index (χ4n) is 2.81. The van der Waals surface area contributed by atoms with Gasteiger partial charge in [0.15, 0.2) is 0 Å². The van der Waals surface area contributed by atoms with Crippen LogP contribution in [0.3, 0.4) is 0 Å². The monoisotopic (exact) mass is 415 g/mol. The van der Waals surface area contributed by atoms with Crippen molar-refractivity contribution in [1.82, 2.24) is 4.90 Å². The maximum atomic E-state index is 12.5. The van der Waals surface area contributed by atoms with Gasteiger partial charge in [-0.25, -0.2) is 0 Å². The van der Waals surface area contributed by atoms with Crippen molar-refractivity contribution in [2.24, 2.45) is 0 Å². The summed E-state index contributed by atoms with van der Waals surface area (Å²) in [6.07, 6.45) is 0. The maximum Gasteiger partial charge on any atom is 0.282 e. The molecule has 0 bridgehead atoms. The van der Waals surface area contributed by atoms with Crippen LogP contribution in [-0.2, 0) is 4.79 Å². The third-order valence-electron chi connectivity index (χ3n) is 4.26. The summed E-state index contributed by atoms with van der Waals surface area (Å²) in [4.78, 5) is 38.0. The summed E-state index contributed by atoms with van der Waals surface area (Å²) in [6, 6.07) is 11.9. The van der Waals surface area contributed by atoms with Crippen LogP contribution in [0.1, 0.15) is 10.4 Å². The van der Waals surface area contributed by atoms with Crippen LogP contribution in [0.15, 0.2) is 42.5 Å². The minimum atomic E-state index is -0.345. The first-order valence-electron chi connectivity index (χ1n) is 8.85. The van der Waals surface area contributed by atoms with Gasteiger partial charge in [-0.3, -0.25) is 14.4 Å². The van der Waals surface area contributed by atoms with Gasteiger partial charge < -0.3 is 25.0 Å². The van der Waals surface area contributed by atoms with Crippen LogP contribution in [0.5, 0.6) is 11.5 Å². The van der Waals surface area contributed by atoms with Gasteiger partial charge in [-0.05, 0) is 12.1 Å². The predicted molar refractivity (Wildman–Crippen MR) is 112 cm³/mol. The number of carbonyl (C=O) groups is 3. The van der Waals surface area contributed by atoms with E-state index in [2.05, 4.69) is 10.6 Å². The summed E-state index contributed by atoms with van der Waals surface area (Å²) in [7, 11) is 2.92. The highest BCUT2D eigenvalue weighted by Crippen LogP contribution is 2.36. The molecular weight excluding hydrogens is 394 g/mol. The molecule has 29 heavy (non-hydrogen) atoms. The molecular formula is C20H21N3O5S. The van der Waals surface area contributed by atoms with Crippen molar-refractivity contribution in [3.63, 3.8) is 0 Å². The average molecular weight is 415 g/mol. The van der Waals surface area contributed by atoms with Crippen LogP contribution in [0.25, 0.3) is 0 Å². The zero-order valence-electron chi connectivity index (χ0n) is 16.1. The van der Waals surface area contributed by atoms with Crippen molar-refractivity contribution in [3.8, 4) is 11.5 Å². The number of rotatable bonds is 7. The lowest BCUT2D eigenvalue weighted by Gasteiger charge is -2.18. The summed E-state index contributed by atoms with van der Waals surface area (Å²) in [5, 5.41) is 5.41. The number of thioether (sulfide) groups is 1. The molecule has 152 valence electrons. The molecule has 1 aliphatic heterocycles. The number of nitrogens with one attached hydrogen (secondary N) is 2. The number of carbonyl (C=O) groups excluding carboxylic acids is 3. The molecule has 2 aromatic rings. The van der Waals surface area contributed by atoms with Gasteiger partial charge in [0.2, 0.25) is 5.91 Å². The Kier molecular flexibility index (Phi) is 6.61. The first kappa shape index (κ1) is 20.5. The number of hydrogen-bond acceptors (Lipinski definition) is 6. The van der Waals surface area contributed by atoms with E-state index in [-0.39, 0.29) is 23.6 Å². The van der Waals surface area contributed by atoms with Crippen LogP contribution in [-0.4, -0.2) is 55.0 Å². The van der Waals surface area contributed by atoms with Crippen molar-refractivity contribution in [1.29, 1.82) is 0 Å². The number of anilines is 2. The Hall–Kier alpha value is -3.20. The zero-order chi connectivity index (χ0) is 20.8. The van der Waals surface area contributed by atoms with E-state index in [1.807, 2.05) is 6.07 Å². The smallest absolute Gasteiger partial charge is 0.282 e. The molecule has 1 heterocycles. The van der Waals surface area contributed by atoms with Crippen LogP contribution in [0.4, 0.5) is 16.2 Å². The Balaban J connectivity index is 1.77. The Morgan fingerprint density at radius 2 is 1.66 bits per heavy atom. The zero-order valence-corrected chi connectivity index (χ0v) is 16.9. The van der Waals surface area contributed by atoms with E-state index >= 15 is 0 Å². The summed E-state index contributed by atoms with van der Waals surface area (Å²) in [6.45, 7) is 0.506. The molecule has 8 nitrogen and oxygen atoms in total. The summed E-state index contributed by atoms with van der Waals surface area (Å²) < 4.78 is 10.7. The highest BCUT2D eigenvalue weighted by Gasteiger charge is 2.24. The molecule has 2 aromatic carbocycles.